The predicted octanol–water partition coefficient (Wildman–Crippen LogP) is 3.53. The molecule has 4 heteroatoms. The second-order valence-electron chi connectivity index (χ2n) is 5.01. The topological polar surface area (TPSA) is 35.5 Å². The molecule has 3 rings (SSSR count). The number of carbonyl (C=O) groups is 1. The molecule has 0 fully saturated rings. The Balaban J connectivity index is 1.94. The number of carbonyl (C=O) groups excluding carboxylic acids is 1. The molecule has 1 aliphatic heterocycles. The minimum Gasteiger partial charge on any atom is -0.490 e. The van der Waals surface area contributed by atoms with Gasteiger partial charge in [-0.25, -0.2) is 4.39 Å². The second-order valence-corrected chi connectivity index (χ2v) is 5.01. The quantitative estimate of drug-likeness (QED) is 0.792. The number of benzene rings is 2. The number of aryl methyl sites for hydroxylation is 1. The number of ketones is 1. The highest BCUT2D eigenvalue weighted by atomic mass is 19.1. The van der Waals surface area contributed by atoms with Gasteiger partial charge in [0.15, 0.2) is 17.3 Å². The van der Waals surface area contributed by atoms with Gasteiger partial charge >= 0.3 is 0 Å². The van der Waals surface area contributed by atoms with Gasteiger partial charge in [-0.2, -0.15) is 0 Å². The lowest BCUT2D eigenvalue weighted by molar-refractivity contribution is 0.103. The molecule has 0 spiro atoms. The summed E-state index contributed by atoms with van der Waals surface area (Å²) in [6.45, 7) is 2.82. The van der Waals surface area contributed by atoms with Gasteiger partial charge in [0.1, 0.15) is 5.82 Å². The Morgan fingerprint density at radius 2 is 1.67 bits per heavy atom. The van der Waals surface area contributed by atoms with E-state index < -0.39 is 0 Å². The van der Waals surface area contributed by atoms with E-state index in [9.17, 15) is 9.18 Å². The number of hydrogen-bond acceptors (Lipinski definition) is 3. The highest BCUT2D eigenvalue weighted by Crippen LogP contribution is 2.31. The van der Waals surface area contributed by atoms with Crippen LogP contribution in [0.1, 0.15) is 27.9 Å². The standard InChI is InChI=1S/C17H15FO3/c1-11-9-12(3-5-14(11)18)17(19)13-4-6-15-16(10-13)21-8-2-7-20-15/h3-6,9-10H,2,7-8H2,1H3. The monoisotopic (exact) mass is 286 g/mol. The number of ether oxygens (including phenoxy) is 2. The largest absolute Gasteiger partial charge is 0.490 e. The molecule has 2 aromatic carbocycles. The molecule has 1 aliphatic rings. The fraction of sp³-hybridized carbons (Fsp3) is 0.235. The van der Waals surface area contributed by atoms with Crippen molar-refractivity contribution >= 4 is 5.78 Å². The smallest absolute Gasteiger partial charge is 0.193 e. The Morgan fingerprint density at radius 1 is 1.00 bits per heavy atom. The van der Waals surface area contributed by atoms with Gasteiger partial charge in [-0.15, -0.1) is 0 Å². The summed E-state index contributed by atoms with van der Waals surface area (Å²) in [5, 5.41) is 0. The SMILES string of the molecule is Cc1cc(C(=O)c2ccc3c(c2)OCCCO3)ccc1F. The summed E-state index contributed by atoms with van der Waals surface area (Å²) in [5.74, 6) is 0.760. The second kappa shape index (κ2) is 5.56. The molecule has 108 valence electrons. The van der Waals surface area contributed by atoms with E-state index in [4.69, 9.17) is 9.47 Å². The highest BCUT2D eigenvalue weighted by Gasteiger charge is 2.16. The zero-order valence-electron chi connectivity index (χ0n) is 11.7. The van der Waals surface area contributed by atoms with E-state index in [1.54, 1.807) is 31.2 Å². The van der Waals surface area contributed by atoms with Gasteiger partial charge in [0.05, 0.1) is 13.2 Å². The van der Waals surface area contributed by atoms with Crippen molar-refractivity contribution in [1.82, 2.24) is 0 Å². The minimum atomic E-state index is -0.315. The summed E-state index contributed by atoms with van der Waals surface area (Å²) < 4.78 is 24.4. The fourth-order valence-corrected chi connectivity index (χ4v) is 2.26. The maximum Gasteiger partial charge on any atom is 0.193 e. The van der Waals surface area contributed by atoms with E-state index in [2.05, 4.69) is 0 Å². The Kier molecular flexibility index (Phi) is 3.60. The average Bonchev–Trinajstić information content (AvgIpc) is 2.73. The maximum absolute atomic E-state index is 13.3. The van der Waals surface area contributed by atoms with E-state index in [0.717, 1.165) is 6.42 Å². The molecular formula is C17H15FO3. The van der Waals surface area contributed by atoms with Gasteiger partial charge in [-0.05, 0) is 48.9 Å². The predicted molar refractivity (Wildman–Crippen MR) is 76.6 cm³/mol. The normalized spacial score (nSPS) is 13.6. The molecule has 0 aliphatic carbocycles. The van der Waals surface area contributed by atoms with Crippen LogP contribution >= 0.6 is 0 Å². The van der Waals surface area contributed by atoms with E-state index in [0.29, 0.717) is 41.4 Å². The molecule has 0 atom stereocenters. The van der Waals surface area contributed by atoms with Crippen LogP contribution in [0, 0.1) is 12.7 Å². The van der Waals surface area contributed by atoms with Crippen LogP contribution < -0.4 is 9.47 Å². The molecule has 0 N–H and O–H groups in total. The first-order valence-corrected chi connectivity index (χ1v) is 6.85. The lowest BCUT2D eigenvalue weighted by Gasteiger charge is -2.09. The van der Waals surface area contributed by atoms with E-state index in [1.807, 2.05) is 0 Å². The molecule has 0 aromatic heterocycles. The lowest BCUT2D eigenvalue weighted by atomic mass is 10.0. The Bertz CT molecular complexity index is 694. The molecule has 0 unspecified atom stereocenters. The third-order valence-electron chi connectivity index (χ3n) is 3.43. The van der Waals surface area contributed by atoms with Gasteiger partial charge in [-0.1, -0.05) is 0 Å². The maximum atomic E-state index is 13.3. The molecule has 0 saturated carbocycles. The number of rotatable bonds is 2. The van der Waals surface area contributed by atoms with Crippen LogP contribution in [-0.4, -0.2) is 19.0 Å². The van der Waals surface area contributed by atoms with Crippen molar-refractivity contribution in [2.45, 2.75) is 13.3 Å². The van der Waals surface area contributed by atoms with Crippen molar-refractivity contribution in [1.29, 1.82) is 0 Å². The van der Waals surface area contributed by atoms with E-state index >= 15 is 0 Å². The summed E-state index contributed by atoms with van der Waals surface area (Å²) >= 11 is 0. The molecular weight excluding hydrogens is 271 g/mol. The molecule has 0 amide bonds. The van der Waals surface area contributed by atoms with Crippen molar-refractivity contribution in [3.63, 3.8) is 0 Å². The summed E-state index contributed by atoms with van der Waals surface area (Å²) in [6.07, 6.45) is 0.815. The van der Waals surface area contributed by atoms with Crippen molar-refractivity contribution in [3.05, 3.63) is 58.9 Å². The summed E-state index contributed by atoms with van der Waals surface area (Å²) in [5.41, 5.74) is 1.42. The average molecular weight is 286 g/mol. The van der Waals surface area contributed by atoms with Gasteiger partial charge in [0.2, 0.25) is 0 Å². The molecule has 0 radical (unpaired) electrons. The van der Waals surface area contributed by atoms with E-state index in [-0.39, 0.29) is 11.6 Å². The lowest BCUT2D eigenvalue weighted by Crippen LogP contribution is -2.03. The van der Waals surface area contributed by atoms with E-state index in [1.165, 1.54) is 12.1 Å². The first kappa shape index (κ1) is 13.6. The van der Waals surface area contributed by atoms with Crippen molar-refractivity contribution in [2.24, 2.45) is 0 Å². The minimum absolute atomic E-state index is 0.159. The molecule has 1 heterocycles. The summed E-state index contributed by atoms with van der Waals surface area (Å²) in [4.78, 5) is 12.5. The summed E-state index contributed by atoms with van der Waals surface area (Å²) in [6, 6.07) is 9.49. The van der Waals surface area contributed by atoms with Crippen molar-refractivity contribution in [2.75, 3.05) is 13.2 Å². The number of fused-ring (bicyclic) bond motifs is 1. The van der Waals surface area contributed by atoms with Gasteiger partial charge in [0.25, 0.3) is 0 Å². The highest BCUT2D eigenvalue weighted by molar-refractivity contribution is 6.09. The van der Waals surface area contributed by atoms with Crippen LogP contribution in [0.15, 0.2) is 36.4 Å². The molecule has 3 nitrogen and oxygen atoms in total. The molecule has 21 heavy (non-hydrogen) atoms. The van der Waals surface area contributed by atoms with Crippen molar-refractivity contribution in [3.8, 4) is 11.5 Å². The summed E-state index contributed by atoms with van der Waals surface area (Å²) in [7, 11) is 0. The number of hydrogen-bond donors (Lipinski definition) is 0. The molecule has 0 bridgehead atoms. The molecule has 2 aromatic rings. The van der Waals surface area contributed by atoms with Crippen LogP contribution in [-0.2, 0) is 0 Å². The van der Waals surface area contributed by atoms with Crippen LogP contribution in [0.25, 0.3) is 0 Å². The number of halogens is 1. The van der Waals surface area contributed by atoms with Gasteiger partial charge in [0, 0.05) is 17.5 Å². The first-order valence-electron chi connectivity index (χ1n) is 6.85. The zero-order chi connectivity index (χ0) is 14.8. The van der Waals surface area contributed by atoms with Crippen molar-refractivity contribution < 1.29 is 18.7 Å². The first-order chi connectivity index (χ1) is 10.1. The van der Waals surface area contributed by atoms with Crippen LogP contribution in [0.4, 0.5) is 4.39 Å². The third-order valence-corrected chi connectivity index (χ3v) is 3.43. The van der Waals surface area contributed by atoms with Gasteiger partial charge in [-0.3, -0.25) is 4.79 Å². The third kappa shape index (κ3) is 2.75. The Labute approximate surface area is 122 Å². The molecule has 0 saturated heterocycles. The Hall–Kier alpha value is -2.36. The fourth-order valence-electron chi connectivity index (χ4n) is 2.26. The Morgan fingerprint density at radius 3 is 2.43 bits per heavy atom. The van der Waals surface area contributed by atoms with Crippen LogP contribution in [0.3, 0.4) is 0 Å². The van der Waals surface area contributed by atoms with Crippen LogP contribution in [0.5, 0.6) is 11.5 Å². The van der Waals surface area contributed by atoms with Gasteiger partial charge < -0.3 is 9.47 Å². The van der Waals surface area contributed by atoms with Crippen LogP contribution in [0.2, 0.25) is 0 Å². The zero-order valence-corrected chi connectivity index (χ0v) is 11.7.